The minimum Gasteiger partial charge on any atom is -0.367 e. The van der Waals surface area contributed by atoms with Crippen molar-refractivity contribution in [1.82, 2.24) is 20.1 Å². The number of amides is 3. The zero-order chi connectivity index (χ0) is 25.1. The fourth-order valence-corrected chi connectivity index (χ4v) is 5.15. The van der Waals surface area contributed by atoms with Crippen LogP contribution in [0.2, 0.25) is 5.02 Å². The van der Waals surface area contributed by atoms with E-state index in [4.69, 9.17) is 11.6 Å². The molecule has 3 aromatic rings. The Morgan fingerprint density at radius 3 is 2.58 bits per heavy atom. The fourth-order valence-electron chi connectivity index (χ4n) is 4.98. The van der Waals surface area contributed by atoms with E-state index in [1.54, 1.807) is 28.1 Å². The van der Waals surface area contributed by atoms with Crippen molar-refractivity contribution in [3.63, 3.8) is 0 Å². The molecule has 0 saturated carbocycles. The van der Waals surface area contributed by atoms with E-state index in [9.17, 15) is 14.0 Å². The molecule has 0 bridgehead atoms. The van der Waals surface area contributed by atoms with E-state index in [2.05, 4.69) is 15.2 Å². The fraction of sp³-hybridized carbons (Fsp3) is 0.370. The summed E-state index contributed by atoms with van der Waals surface area (Å²) in [5.74, 6) is -0.376. The standard InChI is InChI=1S/C27H29ClFN5O2/c28-20-6-9-22-24(17-20)30-11-10-25(22)32-13-15-33(16-14-32)27(36)31-23-3-1-2-12-34(26(23)35)18-19-4-7-21(29)8-5-19/h4-11,17,23H,1-3,12-16,18H2,(H,31,36)/t23-/m0/s1. The summed E-state index contributed by atoms with van der Waals surface area (Å²) in [6, 6.07) is 13.1. The van der Waals surface area contributed by atoms with Gasteiger partial charge in [-0.3, -0.25) is 9.78 Å². The van der Waals surface area contributed by atoms with Crippen LogP contribution in [0, 0.1) is 5.82 Å². The number of hydrogen-bond donors (Lipinski definition) is 1. The molecule has 2 aliphatic rings. The number of fused-ring (bicyclic) bond motifs is 1. The molecule has 1 aromatic heterocycles. The quantitative estimate of drug-likeness (QED) is 0.564. The SMILES string of the molecule is O=C(N[C@H]1CCCCN(Cc2ccc(F)cc2)C1=O)N1CCN(c2ccnc3cc(Cl)ccc23)CC1. The van der Waals surface area contributed by atoms with Crippen LogP contribution in [0.15, 0.2) is 54.7 Å². The first-order valence-corrected chi connectivity index (χ1v) is 12.7. The van der Waals surface area contributed by atoms with Crippen LogP contribution in [-0.2, 0) is 11.3 Å². The van der Waals surface area contributed by atoms with Crippen LogP contribution < -0.4 is 10.2 Å². The maximum absolute atomic E-state index is 13.3. The molecule has 3 heterocycles. The topological polar surface area (TPSA) is 68.8 Å². The highest BCUT2D eigenvalue weighted by atomic mass is 35.5. The summed E-state index contributed by atoms with van der Waals surface area (Å²) in [5.41, 5.74) is 2.79. The third-order valence-electron chi connectivity index (χ3n) is 6.95. The number of nitrogens with one attached hydrogen (secondary N) is 1. The molecule has 188 valence electrons. The molecule has 9 heteroatoms. The molecular weight excluding hydrogens is 481 g/mol. The van der Waals surface area contributed by atoms with E-state index in [1.165, 1.54) is 12.1 Å². The van der Waals surface area contributed by atoms with Crippen molar-refractivity contribution >= 4 is 40.1 Å². The third-order valence-corrected chi connectivity index (χ3v) is 7.19. The number of likely N-dealkylation sites (tertiary alicyclic amines) is 1. The van der Waals surface area contributed by atoms with E-state index in [0.717, 1.165) is 35.0 Å². The number of nitrogens with zero attached hydrogens (tertiary/aromatic N) is 4. The van der Waals surface area contributed by atoms with E-state index >= 15 is 0 Å². The van der Waals surface area contributed by atoms with Gasteiger partial charge in [0, 0.05) is 61.6 Å². The van der Waals surface area contributed by atoms with Gasteiger partial charge in [-0.25, -0.2) is 9.18 Å². The lowest BCUT2D eigenvalue weighted by atomic mass is 10.1. The molecule has 1 N–H and O–H groups in total. The van der Waals surface area contributed by atoms with Crippen LogP contribution in [0.25, 0.3) is 10.9 Å². The van der Waals surface area contributed by atoms with Crippen molar-refractivity contribution in [2.75, 3.05) is 37.6 Å². The van der Waals surface area contributed by atoms with Crippen molar-refractivity contribution in [3.05, 3.63) is 71.1 Å². The molecule has 2 aliphatic heterocycles. The van der Waals surface area contributed by atoms with Crippen molar-refractivity contribution in [3.8, 4) is 0 Å². The number of piperazine rings is 1. The summed E-state index contributed by atoms with van der Waals surface area (Å²) in [7, 11) is 0. The number of carbonyl (C=O) groups excluding carboxylic acids is 2. The molecule has 7 nitrogen and oxygen atoms in total. The Labute approximate surface area is 214 Å². The monoisotopic (exact) mass is 509 g/mol. The Morgan fingerprint density at radius 2 is 1.81 bits per heavy atom. The molecule has 36 heavy (non-hydrogen) atoms. The highest BCUT2D eigenvalue weighted by Crippen LogP contribution is 2.28. The maximum atomic E-state index is 13.3. The molecule has 2 saturated heterocycles. The number of benzene rings is 2. The van der Waals surface area contributed by atoms with Gasteiger partial charge in [-0.1, -0.05) is 23.7 Å². The zero-order valence-electron chi connectivity index (χ0n) is 20.0. The Balaban J connectivity index is 1.19. The zero-order valence-corrected chi connectivity index (χ0v) is 20.8. The first-order chi connectivity index (χ1) is 17.5. The summed E-state index contributed by atoms with van der Waals surface area (Å²) >= 11 is 6.12. The van der Waals surface area contributed by atoms with Gasteiger partial charge in [0.05, 0.1) is 5.52 Å². The van der Waals surface area contributed by atoms with Gasteiger partial charge in [0.2, 0.25) is 5.91 Å². The molecule has 2 fully saturated rings. The predicted octanol–water partition coefficient (Wildman–Crippen LogP) is 4.44. The van der Waals surface area contributed by atoms with E-state index in [0.29, 0.717) is 50.7 Å². The number of aromatic nitrogens is 1. The molecule has 1 atom stereocenters. The predicted molar refractivity (Wildman–Crippen MR) is 139 cm³/mol. The summed E-state index contributed by atoms with van der Waals surface area (Å²) in [6.07, 6.45) is 4.14. The third kappa shape index (κ3) is 5.38. The molecule has 5 rings (SSSR count). The molecule has 2 aromatic carbocycles. The minimum absolute atomic E-state index is 0.0780. The van der Waals surface area contributed by atoms with E-state index in [1.807, 2.05) is 24.3 Å². The van der Waals surface area contributed by atoms with Gasteiger partial charge >= 0.3 is 6.03 Å². The summed E-state index contributed by atoms with van der Waals surface area (Å²) in [5, 5.41) is 4.67. The average molecular weight is 510 g/mol. The Kier molecular flexibility index (Phi) is 7.23. The number of hydrogen-bond acceptors (Lipinski definition) is 4. The molecule has 0 unspecified atom stereocenters. The van der Waals surface area contributed by atoms with Crippen LogP contribution in [0.1, 0.15) is 24.8 Å². The highest BCUT2D eigenvalue weighted by molar-refractivity contribution is 6.31. The molecule has 3 amide bonds. The van der Waals surface area contributed by atoms with Crippen LogP contribution in [0.3, 0.4) is 0 Å². The maximum Gasteiger partial charge on any atom is 0.318 e. The lowest BCUT2D eigenvalue weighted by Gasteiger charge is -2.37. The molecular formula is C27H29ClFN5O2. The smallest absolute Gasteiger partial charge is 0.318 e. The normalized spacial score (nSPS) is 18.9. The van der Waals surface area contributed by atoms with Gasteiger partial charge in [0.15, 0.2) is 0 Å². The Hall–Kier alpha value is -3.39. The lowest BCUT2D eigenvalue weighted by Crippen LogP contribution is -2.56. The first kappa shape index (κ1) is 24.3. The summed E-state index contributed by atoms with van der Waals surface area (Å²) in [6.45, 7) is 3.53. The summed E-state index contributed by atoms with van der Waals surface area (Å²) in [4.78, 5) is 36.5. The average Bonchev–Trinajstić information content (AvgIpc) is 3.06. The molecule has 0 radical (unpaired) electrons. The second kappa shape index (κ2) is 10.7. The molecule has 0 spiro atoms. The van der Waals surface area contributed by atoms with Gasteiger partial charge in [-0.2, -0.15) is 0 Å². The van der Waals surface area contributed by atoms with Crippen molar-refractivity contribution in [2.45, 2.75) is 31.8 Å². The van der Waals surface area contributed by atoms with Crippen molar-refractivity contribution < 1.29 is 14.0 Å². The number of halogens is 2. The van der Waals surface area contributed by atoms with Gasteiger partial charge < -0.3 is 20.0 Å². The van der Waals surface area contributed by atoms with Gasteiger partial charge in [0.1, 0.15) is 11.9 Å². The van der Waals surface area contributed by atoms with Gasteiger partial charge in [0.25, 0.3) is 0 Å². The number of anilines is 1. The number of rotatable bonds is 4. The minimum atomic E-state index is -0.549. The molecule has 0 aliphatic carbocycles. The Bertz CT molecular complexity index is 1250. The second-order valence-corrected chi connectivity index (χ2v) is 9.79. The highest BCUT2D eigenvalue weighted by Gasteiger charge is 2.31. The second-order valence-electron chi connectivity index (χ2n) is 9.35. The first-order valence-electron chi connectivity index (χ1n) is 12.4. The van der Waals surface area contributed by atoms with Crippen LogP contribution in [-0.4, -0.2) is 65.5 Å². The Morgan fingerprint density at radius 1 is 1.03 bits per heavy atom. The lowest BCUT2D eigenvalue weighted by molar-refractivity contribution is -0.133. The van der Waals surface area contributed by atoms with Crippen molar-refractivity contribution in [1.29, 1.82) is 0 Å². The summed E-state index contributed by atoms with van der Waals surface area (Å²) < 4.78 is 13.3. The number of carbonyl (C=O) groups is 2. The number of pyridine rings is 1. The van der Waals surface area contributed by atoms with Crippen molar-refractivity contribution in [2.24, 2.45) is 0 Å². The van der Waals surface area contributed by atoms with Gasteiger partial charge in [-0.05, 0) is 61.2 Å². The van der Waals surface area contributed by atoms with Crippen LogP contribution in [0.5, 0.6) is 0 Å². The van der Waals surface area contributed by atoms with Gasteiger partial charge in [-0.15, -0.1) is 0 Å². The largest absolute Gasteiger partial charge is 0.367 e. The number of urea groups is 1. The van der Waals surface area contributed by atoms with E-state index in [-0.39, 0.29) is 17.8 Å². The van der Waals surface area contributed by atoms with Crippen LogP contribution in [0.4, 0.5) is 14.9 Å². The van der Waals surface area contributed by atoms with Crippen LogP contribution >= 0.6 is 11.6 Å². The van der Waals surface area contributed by atoms with E-state index < -0.39 is 6.04 Å².